The number of hydrogen-bond donors (Lipinski definition) is 1. The quantitative estimate of drug-likeness (QED) is 0.847. The first-order valence-electron chi connectivity index (χ1n) is 6.60. The van der Waals surface area contributed by atoms with Crippen molar-refractivity contribution in [3.8, 4) is 0 Å². The highest BCUT2D eigenvalue weighted by Crippen LogP contribution is 2.27. The summed E-state index contributed by atoms with van der Waals surface area (Å²) in [5.41, 5.74) is 2.53. The first-order chi connectivity index (χ1) is 8.20. The molecule has 0 bridgehead atoms. The molecule has 2 nitrogen and oxygen atoms in total. The van der Waals surface area contributed by atoms with Crippen LogP contribution < -0.4 is 5.32 Å². The van der Waals surface area contributed by atoms with Crippen LogP contribution in [0.4, 0.5) is 0 Å². The van der Waals surface area contributed by atoms with E-state index in [1.807, 2.05) is 0 Å². The molecule has 0 spiro atoms. The van der Waals surface area contributed by atoms with Crippen LogP contribution in [0.2, 0.25) is 0 Å². The van der Waals surface area contributed by atoms with Gasteiger partial charge in [-0.3, -0.25) is 4.79 Å². The van der Waals surface area contributed by atoms with Crippen LogP contribution in [0.1, 0.15) is 50.3 Å². The summed E-state index contributed by atoms with van der Waals surface area (Å²) >= 11 is 0. The molecule has 1 fully saturated rings. The van der Waals surface area contributed by atoms with Crippen molar-refractivity contribution in [1.82, 2.24) is 5.32 Å². The molecule has 1 aromatic rings. The van der Waals surface area contributed by atoms with Crippen LogP contribution in [0, 0.1) is 5.92 Å². The highest BCUT2D eigenvalue weighted by atomic mass is 16.1. The van der Waals surface area contributed by atoms with Gasteiger partial charge in [0, 0.05) is 5.92 Å². The fourth-order valence-electron chi connectivity index (χ4n) is 2.13. The van der Waals surface area contributed by atoms with E-state index in [2.05, 4.69) is 43.4 Å². The number of carbonyl (C=O) groups excluding carboxylic acids is 1. The molecule has 0 saturated heterocycles. The lowest BCUT2D eigenvalue weighted by atomic mass is 9.84. The largest absolute Gasteiger partial charge is 0.349 e. The summed E-state index contributed by atoms with van der Waals surface area (Å²) in [6.45, 7) is 4.20. The van der Waals surface area contributed by atoms with Gasteiger partial charge in [0.15, 0.2) is 0 Å². The van der Waals surface area contributed by atoms with Gasteiger partial charge < -0.3 is 5.32 Å². The zero-order chi connectivity index (χ0) is 12.3. The molecule has 1 amide bonds. The fourth-order valence-corrected chi connectivity index (χ4v) is 2.13. The number of aryl methyl sites for hydroxylation is 1. The number of rotatable bonds is 4. The minimum absolute atomic E-state index is 0.119. The Labute approximate surface area is 103 Å². The van der Waals surface area contributed by atoms with E-state index < -0.39 is 0 Å². The third kappa shape index (κ3) is 2.87. The minimum Gasteiger partial charge on any atom is -0.349 e. The smallest absolute Gasteiger partial charge is 0.223 e. The average Bonchev–Trinajstić information content (AvgIpc) is 2.26. The number of carbonyl (C=O) groups is 1. The lowest BCUT2D eigenvalue weighted by Crippen LogP contribution is -2.35. The Hall–Kier alpha value is -1.31. The highest BCUT2D eigenvalue weighted by molar-refractivity contribution is 5.79. The van der Waals surface area contributed by atoms with Gasteiger partial charge in [-0.1, -0.05) is 37.6 Å². The van der Waals surface area contributed by atoms with Crippen molar-refractivity contribution < 1.29 is 4.79 Å². The van der Waals surface area contributed by atoms with Crippen molar-refractivity contribution in [3.63, 3.8) is 0 Å². The lowest BCUT2D eigenvalue weighted by molar-refractivity contribution is -0.128. The second kappa shape index (κ2) is 5.35. The van der Waals surface area contributed by atoms with Gasteiger partial charge in [0.25, 0.3) is 0 Å². The van der Waals surface area contributed by atoms with Crippen LogP contribution in [0.15, 0.2) is 24.3 Å². The van der Waals surface area contributed by atoms with Gasteiger partial charge in [0.2, 0.25) is 5.91 Å². The predicted molar refractivity (Wildman–Crippen MR) is 69.7 cm³/mol. The first kappa shape index (κ1) is 12.2. The molecule has 1 aromatic carbocycles. The first-order valence-corrected chi connectivity index (χ1v) is 6.60. The third-order valence-electron chi connectivity index (χ3n) is 3.72. The summed E-state index contributed by atoms with van der Waals surface area (Å²) in [5, 5.41) is 3.10. The van der Waals surface area contributed by atoms with Crippen molar-refractivity contribution in [3.05, 3.63) is 35.4 Å². The van der Waals surface area contributed by atoms with Crippen molar-refractivity contribution in [2.24, 2.45) is 5.92 Å². The molecule has 0 heterocycles. The van der Waals surface area contributed by atoms with Crippen LogP contribution in [0.5, 0.6) is 0 Å². The van der Waals surface area contributed by atoms with E-state index in [9.17, 15) is 4.79 Å². The molecule has 1 N–H and O–H groups in total. The van der Waals surface area contributed by atoms with Gasteiger partial charge in [-0.2, -0.15) is 0 Å². The van der Waals surface area contributed by atoms with E-state index in [0.717, 1.165) is 19.3 Å². The molecular weight excluding hydrogens is 210 g/mol. The molecule has 17 heavy (non-hydrogen) atoms. The molecular formula is C15H21NO. The molecule has 1 aliphatic rings. The van der Waals surface area contributed by atoms with Crippen LogP contribution in [-0.4, -0.2) is 5.91 Å². The zero-order valence-electron chi connectivity index (χ0n) is 10.7. The van der Waals surface area contributed by atoms with E-state index in [4.69, 9.17) is 0 Å². The summed E-state index contributed by atoms with van der Waals surface area (Å²) < 4.78 is 0. The van der Waals surface area contributed by atoms with Crippen molar-refractivity contribution >= 4 is 5.91 Å². The van der Waals surface area contributed by atoms with E-state index in [1.165, 1.54) is 17.5 Å². The Morgan fingerprint density at radius 1 is 1.35 bits per heavy atom. The van der Waals surface area contributed by atoms with Crippen LogP contribution in [0.3, 0.4) is 0 Å². The molecule has 0 radical (unpaired) electrons. The Bertz CT molecular complexity index is 378. The predicted octanol–water partition coefficient (Wildman–Crippen LogP) is 3.23. The zero-order valence-corrected chi connectivity index (χ0v) is 10.7. The summed E-state index contributed by atoms with van der Waals surface area (Å²) in [7, 11) is 0. The van der Waals surface area contributed by atoms with Crippen LogP contribution in [-0.2, 0) is 11.2 Å². The summed E-state index contributed by atoms with van der Waals surface area (Å²) in [5.74, 6) is 0.496. The number of nitrogens with one attached hydrogen (secondary N) is 1. The number of amides is 1. The van der Waals surface area contributed by atoms with Crippen LogP contribution >= 0.6 is 0 Å². The average molecular weight is 231 g/mol. The van der Waals surface area contributed by atoms with Crippen molar-refractivity contribution in [2.45, 2.75) is 45.6 Å². The van der Waals surface area contributed by atoms with Gasteiger partial charge in [0.05, 0.1) is 6.04 Å². The van der Waals surface area contributed by atoms with Gasteiger partial charge in [-0.15, -0.1) is 0 Å². The summed E-state index contributed by atoms with van der Waals surface area (Å²) in [4.78, 5) is 11.8. The topological polar surface area (TPSA) is 29.1 Å². The van der Waals surface area contributed by atoms with E-state index in [-0.39, 0.29) is 17.9 Å². The molecule has 2 rings (SSSR count). The second-order valence-corrected chi connectivity index (χ2v) is 4.95. The minimum atomic E-state index is 0.119. The summed E-state index contributed by atoms with van der Waals surface area (Å²) in [6, 6.07) is 8.63. The third-order valence-corrected chi connectivity index (χ3v) is 3.72. The Kier molecular flexibility index (Phi) is 3.82. The molecule has 0 aliphatic heterocycles. The van der Waals surface area contributed by atoms with Gasteiger partial charge in [0.1, 0.15) is 0 Å². The summed E-state index contributed by atoms with van der Waals surface area (Å²) in [6.07, 6.45) is 4.39. The highest BCUT2D eigenvalue weighted by Gasteiger charge is 2.26. The SMILES string of the molecule is CCc1ccc(C(C)NC(=O)C2CCC2)cc1. The standard InChI is InChI=1S/C15H21NO/c1-3-12-7-9-13(10-8-12)11(2)16-15(17)14-5-4-6-14/h7-11,14H,3-6H2,1-2H3,(H,16,17). The Balaban J connectivity index is 1.93. The molecule has 1 aliphatic carbocycles. The van der Waals surface area contributed by atoms with Crippen LogP contribution in [0.25, 0.3) is 0 Å². The maximum atomic E-state index is 11.8. The Morgan fingerprint density at radius 3 is 2.47 bits per heavy atom. The normalized spacial score (nSPS) is 17.3. The lowest BCUT2D eigenvalue weighted by Gasteiger charge is -2.26. The molecule has 1 atom stereocenters. The van der Waals surface area contributed by atoms with Gasteiger partial charge in [-0.25, -0.2) is 0 Å². The van der Waals surface area contributed by atoms with Crippen molar-refractivity contribution in [2.75, 3.05) is 0 Å². The number of benzene rings is 1. The molecule has 2 heteroatoms. The van der Waals surface area contributed by atoms with Gasteiger partial charge in [-0.05, 0) is 37.3 Å². The maximum Gasteiger partial charge on any atom is 0.223 e. The van der Waals surface area contributed by atoms with E-state index >= 15 is 0 Å². The second-order valence-electron chi connectivity index (χ2n) is 4.95. The van der Waals surface area contributed by atoms with Gasteiger partial charge >= 0.3 is 0 Å². The fraction of sp³-hybridized carbons (Fsp3) is 0.533. The maximum absolute atomic E-state index is 11.8. The Morgan fingerprint density at radius 2 is 2.00 bits per heavy atom. The van der Waals surface area contributed by atoms with Crippen molar-refractivity contribution in [1.29, 1.82) is 0 Å². The molecule has 92 valence electrons. The molecule has 1 saturated carbocycles. The van der Waals surface area contributed by atoms with E-state index in [1.54, 1.807) is 0 Å². The number of hydrogen-bond acceptors (Lipinski definition) is 1. The monoisotopic (exact) mass is 231 g/mol. The van der Waals surface area contributed by atoms with E-state index in [0.29, 0.717) is 0 Å². The molecule has 0 aromatic heterocycles. The molecule has 1 unspecified atom stereocenters.